The molecule has 0 saturated heterocycles. The van der Waals surface area contributed by atoms with E-state index < -0.39 is 0 Å². The highest BCUT2D eigenvalue weighted by molar-refractivity contribution is 14.1. The summed E-state index contributed by atoms with van der Waals surface area (Å²) in [7, 11) is 0. The van der Waals surface area contributed by atoms with Crippen molar-refractivity contribution in [2.24, 2.45) is 0 Å². The van der Waals surface area contributed by atoms with Gasteiger partial charge in [-0.2, -0.15) is 5.10 Å². The van der Waals surface area contributed by atoms with Crippen LogP contribution in [0.2, 0.25) is 5.02 Å². The van der Waals surface area contributed by atoms with Crippen LogP contribution in [0, 0.1) is 3.57 Å². The van der Waals surface area contributed by atoms with Gasteiger partial charge < -0.3 is 0 Å². The smallest absolute Gasteiger partial charge is 0.182 e. The van der Waals surface area contributed by atoms with Crippen molar-refractivity contribution in [2.75, 3.05) is 0 Å². The quantitative estimate of drug-likeness (QED) is 0.383. The molecule has 0 radical (unpaired) electrons. The number of fused-ring (bicyclic) bond motifs is 1. The topological polar surface area (TPSA) is 43.6 Å². The van der Waals surface area contributed by atoms with Crippen molar-refractivity contribution in [2.45, 2.75) is 13.5 Å². The second kappa shape index (κ2) is 6.72. The summed E-state index contributed by atoms with van der Waals surface area (Å²) >= 11 is 9.07. The fraction of sp³-hybridized carbons (Fsp3) is 0.105. The fourth-order valence-corrected chi connectivity index (χ4v) is 3.51. The van der Waals surface area contributed by atoms with Gasteiger partial charge in [0, 0.05) is 21.2 Å². The van der Waals surface area contributed by atoms with Crippen LogP contribution in [0.1, 0.15) is 6.92 Å². The van der Waals surface area contributed by atoms with Crippen molar-refractivity contribution in [3.8, 4) is 22.5 Å². The molecule has 0 N–H and O–H groups in total. The summed E-state index contributed by atoms with van der Waals surface area (Å²) < 4.78 is 3.02. The maximum Gasteiger partial charge on any atom is 0.182 e. The first kappa shape index (κ1) is 16.5. The Kier molecular flexibility index (Phi) is 4.43. The van der Waals surface area contributed by atoms with Crippen LogP contribution in [0.25, 0.3) is 33.5 Å². The predicted molar refractivity (Wildman–Crippen MR) is 110 cm³/mol. The van der Waals surface area contributed by atoms with Crippen molar-refractivity contribution < 1.29 is 0 Å². The Morgan fingerprint density at radius 2 is 1.60 bits per heavy atom. The molecule has 4 nitrogen and oxygen atoms in total. The lowest BCUT2D eigenvalue weighted by Crippen LogP contribution is -1.99. The Labute approximate surface area is 164 Å². The second-order valence-electron chi connectivity index (χ2n) is 5.60. The SMILES string of the molecule is CCn1nc(-c2ccc(I)cc2)c2c(Cl)c(-c3ccccc3)nnc21. The van der Waals surface area contributed by atoms with Crippen LogP contribution in [-0.4, -0.2) is 20.0 Å². The van der Waals surface area contributed by atoms with Crippen LogP contribution in [-0.2, 0) is 6.54 Å². The molecule has 0 fully saturated rings. The number of rotatable bonds is 3. The average Bonchev–Trinajstić information content (AvgIpc) is 3.03. The summed E-state index contributed by atoms with van der Waals surface area (Å²) in [6, 6.07) is 18.1. The van der Waals surface area contributed by atoms with Gasteiger partial charge in [0.25, 0.3) is 0 Å². The molecule has 25 heavy (non-hydrogen) atoms. The third kappa shape index (κ3) is 2.91. The predicted octanol–water partition coefficient (Wildman–Crippen LogP) is 5.44. The first-order valence-corrected chi connectivity index (χ1v) is 9.38. The number of hydrogen-bond acceptors (Lipinski definition) is 3. The van der Waals surface area contributed by atoms with Crippen molar-refractivity contribution in [1.29, 1.82) is 0 Å². The molecule has 4 rings (SSSR count). The summed E-state index contributed by atoms with van der Waals surface area (Å²) in [6.07, 6.45) is 0. The van der Waals surface area contributed by atoms with Gasteiger partial charge in [0.15, 0.2) is 5.65 Å². The van der Waals surface area contributed by atoms with E-state index in [-0.39, 0.29) is 0 Å². The molecule has 0 bridgehead atoms. The molecule has 4 aromatic rings. The summed E-state index contributed by atoms with van der Waals surface area (Å²) in [5.41, 5.74) is 4.19. The first-order valence-electron chi connectivity index (χ1n) is 7.93. The first-order chi connectivity index (χ1) is 12.2. The molecular formula is C19H14ClIN4. The summed E-state index contributed by atoms with van der Waals surface area (Å²) in [6.45, 7) is 2.74. The highest BCUT2D eigenvalue weighted by atomic mass is 127. The van der Waals surface area contributed by atoms with E-state index in [1.54, 1.807) is 0 Å². The molecule has 0 aliphatic heterocycles. The maximum atomic E-state index is 6.78. The number of aromatic nitrogens is 4. The second-order valence-corrected chi connectivity index (χ2v) is 7.22. The van der Waals surface area contributed by atoms with Gasteiger partial charge >= 0.3 is 0 Å². The van der Waals surface area contributed by atoms with Crippen LogP contribution < -0.4 is 0 Å². The number of halogens is 2. The van der Waals surface area contributed by atoms with E-state index in [0.717, 1.165) is 22.2 Å². The van der Waals surface area contributed by atoms with Gasteiger partial charge in [-0.05, 0) is 41.6 Å². The molecule has 0 unspecified atom stereocenters. The normalized spacial score (nSPS) is 11.2. The minimum atomic E-state index is 0.587. The highest BCUT2D eigenvalue weighted by Gasteiger charge is 2.20. The lowest BCUT2D eigenvalue weighted by molar-refractivity contribution is 0.675. The molecule has 6 heteroatoms. The molecule has 0 amide bonds. The van der Waals surface area contributed by atoms with Crippen LogP contribution in [0.4, 0.5) is 0 Å². The summed E-state index contributed by atoms with van der Waals surface area (Å²) in [5, 5.41) is 14.9. The Balaban J connectivity index is 2.01. The summed E-state index contributed by atoms with van der Waals surface area (Å²) in [5.74, 6) is 0. The molecule has 124 valence electrons. The van der Waals surface area contributed by atoms with E-state index >= 15 is 0 Å². The number of nitrogens with zero attached hydrogens (tertiary/aromatic N) is 4. The molecule has 0 aliphatic rings. The highest BCUT2D eigenvalue weighted by Crippen LogP contribution is 2.37. The Morgan fingerprint density at radius 1 is 0.920 bits per heavy atom. The zero-order valence-corrected chi connectivity index (χ0v) is 16.4. The van der Waals surface area contributed by atoms with Crippen molar-refractivity contribution in [3.63, 3.8) is 0 Å². The molecule has 0 spiro atoms. The molecule has 0 atom stereocenters. The van der Waals surface area contributed by atoms with Gasteiger partial charge in [-0.25, -0.2) is 4.68 Å². The molecular weight excluding hydrogens is 447 g/mol. The van der Waals surface area contributed by atoms with Crippen molar-refractivity contribution in [3.05, 3.63) is 63.2 Å². The van der Waals surface area contributed by atoms with Crippen LogP contribution in [0.3, 0.4) is 0 Å². The van der Waals surface area contributed by atoms with Crippen LogP contribution >= 0.6 is 34.2 Å². The van der Waals surface area contributed by atoms with E-state index in [0.29, 0.717) is 22.9 Å². The van der Waals surface area contributed by atoms with Crippen molar-refractivity contribution in [1.82, 2.24) is 20.0 Å². The maximum absolute atomic E-state index is 6.78. The van der Waals surface area contributed by atoms with Gasteiger partial charge in [0.2, 0.25) is 0 Å². The minimum Gasteiger partial charge on any atom is -0.245 e. The van der Waals surface area contributed by atoms with E-state index in [1.165, 1.54) is 3.57 Å². The van der Waals surface area contributed by atoms with Crippen LogP contribution in [0.15, 0.2) is 54.6 Å². The fourth-order valence-electron chi connectivity index (χ4n) is 2.83. The standard InChI is InChI=1S/C19H14ClIN4/c1-2-25-19-15(17(24-25)13-8-10-14(21)11-9-13)16(20)18(22-23-19)12-6-4-3-5-7-12/h3-11H,2H2,1H3. The summed E-state index contributed by atoms with van der Waals surface area (Å²) in [4.78, 5) is 0. The van der Waals surface area contributed by atoms with E-state index in [2.05, 4.69) is 57.1 Å². The van der Waals surface area contributed by atoms with Gasteiger partial charge in [0.05, 0.1) is 10.4 Å². The number of benzene rings is 2. The minimum absolute atomic E-state index is 0.587. The van der Waals surface area contributed by atoms with E-state index in [4.69, 9.17) is 16.7 Å². The average molecular weight is 461 g/mol. The van der Waals surface area contributed by atoms with Gasteiger partial charge in [-0.15, -0.1) is 10.2 Å². The monoisotopic (exact) mass is 460 g/mol. The third-order valence-corrected chi connectivity index (χ3v) is 5.15. The molecule has 0 saturated carbocycles. The molecule has 2 aromatic heterocycles. The number of aryl methyl sites for hydroxylation is 1. The van der Waals surface area contributed by atoms with E-state index in [1.807, 2.05) is 41.9 Å². The Morgan fingerprint density at radius 3 is 2.28 bits per heavy atom. The van der Waals surface area contributed by atoms with Gasteiger partial charge in [0.1, 0.15) is 11.4 Å². The molecule has 2 aromatic carbocycles. The third-order valence-electron chi connectivity index (χ3n) is 4.06. The van der Waals surface area contributed by atoms with E-state index in [9.17, 15) is 0 Å². The zero-order chi connectivity index (χ0) is 17.4. The number of hydrogen-bond donors (Lipinski definition) is 0. The molecule has 2 heterocycles. The largest absolute Gasteiger partial charge is 0.245 e. The lowest BCUT2D eigenvalue weighted by atomic mass is 10.1. The van der Waals surface area contributed by atoms with Crippen LogP contribution in [0.5, 0.6) is 0 Å². The Hall–Kier alpha value is -1.99. The van der Waals surface area contributed by atoms with Crippen molar-refractivity contribution >= 4 is 45.2 Å². The van der Waals surface area contributed by atoms with Gasteiger partial charge in [-0.3, -0.25) is 0 Å². The molecule has 0 aliphatic carbocycles. The zero-order valence-electron chi connectivity index (χ0n) is 13.4. The Bertz CT molecular complexity index is 1040. The lowest BCUT2D eigenvalue weighted by Gasteiger charge is -2.05. The van der Waals surface area contributed by atoms with Gasteiger partial charge in [-0.1, -0.05) is 54.1 Å².